The highest BCUT2D eigenvalue weighted by molar-refractivity contribution is 5.66. The fourth-order valence-corrected chi connectivity index (χ4v) is 2.65. The molecule has 180 valence electrons. The van der Waals surface area contributed by atoms with Crippen molar-refractivity contribution in [1.82, 2.24) is 0 Å². The maximum atomic E-state index is 10.3. The van der Waals surface area contributed by atoms with Crippen LogP contribution >= 0.6 is 0 Å². The van der Waals surface area contributed by atoms with Gasteiger partial charge in [0.1, 0.15) is 0 Å². The summed E-state index contributed by atoms with van der Waals surface area (Å²) in [5.74, 6) is -0.653. The van der Waals surface area contributed by atoms with Crippen LogP contribution in [0, 0.1) is 0 Å². The van der Waals surface area contributed by atoms with Crippen molar-refractivity contribution in [2.45, 2.75) is 130 Å². The van der Waals surface area contributed by atoms with Crippen LogP contribution in [0.1, 0.15) is 130 Å². The largest absolute Gasteiger partial charge is 0.481 e. The number of aliphatic hydroxyl groups is 3. The first-order valence-corrected chi connectivity index (χ1v) is 12.1. The molecule has 0 unspecified atom stereocenters. The van der Waals surface area contributed by atoms with Gasteiger partial charge in [0.05, 0.1) is 0 Å². The van der Waals surface area contributed by atoms with Crippen molar-refractivity contribution in [2.24, 2.45) is 0 Å². The molecule has 0 aliphatic rings. The molecule has 0 bridgehead atoms. The molecule has 0 heterocycles. The van der Waals surface area contributed by atoms with E-state index in [-0.39, 0.29) is 19.8 Å². The molecule has 0 saturated carbocycles. The van der Waals surface area contributed by atoms with Crippen LogP contribution in [0.2, 0.25) is 0 Å². The van der Waals surface area contributed by atoms with Crippen LogP contribution in [0.4, 0.5) is 0 Å². The lowest BCUT2D eigenvalue weighted by atomic mass is 10.0. The van der Waals surface area contributed by atoms with Gasteiger partial charge in [-0.1, -0.05) is 96.8 Å². The minimum absolute atomic E-state index is 0.250. The Balaban J connectivity index is -0.000000293. The average molecular weight is 423 g/mol. The molecule has 0 fully saturated rings. The normalized spacial score (nSPS) is 9.34. The summed E-state index contributed by atoms with van der Waals surface area (Å²) in [5, 5.41) is 31.2. The smallest absolute Gasteiger partial charge is 0.303 e. The van der Waals surface area contributed by atoms with Crippen molar-refractivity contribution in [3.05, 3.63) is 0 Å². The van der Waals surface area contributed by atoms with Crippen LogP contribution in [0.5, 0.6) is 0 Å². The summed E-state index contributed by atoms with van der Waals surface area (Å²) >= 11 is 0. The second-order valence-corrected chi connectivity index (χ2v) is 7.04. The van der Waals surface area contributed by atoms with Crippen LogP contribution in [0.3, 0.4) is 0 Å². The number of aliphatic hydroxyl groups excluding tert-OH is 3. The van der Waals surface area contributed by atoms with Gasteiger partial charge >= 0.3 is 5.97 Å². The van der Waals surface area contributed by atoms with Crippen LogP contribution < -0.4 is 0 Å². The highest BCUT2D eigenvalue weighted by Crippen LogP contribution is 2.13. The predicted octanol–water partition coefficient (Wildman–Crippen LogP) is 6.33. The van der Waals surface area contributed by atoms with E-state index in [0.717, 1.165) is 12.8 Å². The Morgan fingerprint density at radius 3 is 0.897 bits per heavy atom. The van der Waals surface area contributed by atoms with Crippen LogP contribution in [-0.4, -0.2) is 46.2 Å². The molecular formula is C24H54O5. The van der Waals surface area contributed by atoms with Gasteiger partial charge in [0, 0.05) is 26.2 Å². The van der Waals surface area contributed by atoms with Crippen LogP contribution in [0.15, 0.2) is 0 Å². The maximum absolute atomic E-state index is 10.3. The van der Waals surface area contributed by atoms with Gasteiger partial charge in [-0.25, -0.2) is 0 Å². The summed E-state index contributed by atoms with van der Waals surface area (Å²) in [6.45, 7) is 8.06. The molecule has 0 rings (SSSR count). The minimum Gasteiger partial charge on any atom is -0.481 e. The summed E-state index contributed by atoms with van der Waals surface area (Å²) in [6.07, 6.45) is 20.2. The molecular weight excluding hydrogens is 368 g/mol. The quantitative estimate of drug-likeness (QED) is 0.218. The van der Waals surface area contributed by atoms with Gasteiger partial charge in [-0.3, -0.25) is 4.79 Å². The lowest BCUT2D eigenvalue weighted by Crippen LogP contribution is -1.93. The molecule has 0 aromatic rings. The maximum Gasteiger partial charge on any atom is 0.303 e. The lowest BCUT2D eigenvalue weighted by molar-refractivity contribution is -0.137. The highest BCUT2D eigenvalue weighted by Gasteiger charge is 1.97. The Morgan fingerprint density at radius 2 is 0.690 bits per heavy atom. The summed E-state index contributed by atoms with van der Waals surface area (Å²) in [5.41, 5.74) is 0. The molecule has 0 spiro atoms. The zero-order valence-corrected chi connectivity index (χ0v) is 20.1. The molecule has 5 heteroatoms. The van der Waals surface area contributed by atoms with Gasteiger partial charge in [0.25, 0.3) is 0 Å². The van der Waals surface area contributed by atoms with Crippen molar-refractivity contribution < 1.29 is 25.2 Å². The van der Waals surface area contributed by atoms with Gasteiger partial charge in [0.15, 0.2) is 0 Å². The first-order chi connectivity index (χ1) is 14.0. The third-order valence-corrected chi connectivity index (χ3v) is 3.99. The van der Waals surface area contributed by atoms with E-state index >= 15 is 0 Å². The number of rotatable bonds is 16. The zero-order chi connectivity index (χ0) is 23.0. The molecule has 0 saturated heterocycles. The summed E-state index contributed by atoms with van der Waals surface area (Å²) in [6, 6.07) is 0. The lowest BCUT2D eigenvalue weighted by Gasteiger charge is -2.03. The Hall–Kier alpha value is -0.650. The molecule has 4 N–H and O–H groups in total. The fraction of sp³-hybridized carbons (Fsp3) is 0.958. The third kappa shape index (κ3) is 65.7. The Labute approximate surface area is 181 Å². The molecule has 29 heavy (non-hydrogen) atoms. The molecule has 0 radical (unpaired) electrons. The zero-order valence-electron chi connectivity index (χ0n) is 20.1. The van der Waals surface area contributed by atoms with Crippen molar-refractivity contribution in [3.8, 4) is 0 Å². The van der Waals surface area contributed by atoms with Gasteiger partial charge < -0.3 is 20.4 Å². The number of carboxylic acids is 1. The summed E-state index contributed by atoms with van der Waals surface area (Å²) in [4.78, 5) is 10.3. The second kappa shape index (κ2) is 41.7. The fourth-order valence-electron chi connectivity index (χ4n) is 2.65. The highest BCUT2D eigenvalue weighted by atomic mass is 16.4. The van der Waals surface area contributed by atoms with E-state index in [0.29, 0.717) is 6.42 Å². The number of unbranched alkanes of at least 4 members (excludes halogenated alkanes) is 14. The Kier molecular flexibility index (Phi) is 51.4. The van der Waals surface area contributed by atoms with Gasteiger partial charge in [-0.15, -0.1) is 0 Å². The number of hydrogen-bond donors (Lipinski definition) is 4. The minimum atomic E-state index is -0.653. The number of aliphatic carboxylic acids is 1. The number of carbonyl (C=O) groups is 1. The van der Waals surface area contributed by atoms with Gasteiger partial charge in [-0.2, -0.15) is 0 Å². The Morgan fingerprint density at radius 1 is 0.483 bits per heavy atom. The first-order valence-electron chi connectivity index (χ1n) is 12.1. The van der Waals surface area contributed by atoms with E-state index in [1.165, 1.54) is 83.5 Å². The number of hydrogen-bond acceptors (Lipinski definition) is 4. The summed E-state index contributed by atoms with van der Waals surface area (Å²) < 4.78 is 0. The van der Waals surface area contributed by atoms with E-state index in [2.05, 4.69) is 6.92 Å². The standard InChI is InChI=1S/C18H36O2.3C2H6O/c1-2-3-4-5-6-7-8-9-10-11-12-13-14-15-16-17-18(19)20;3*1-2-3/h2-17H2,1H3,(H,19,20);3*3H,2H2,1H3. The third-order valence-electron chi connectivity index (χ3n) is 3.99. The van der Waals surface area contributed by atoms with E-state index in [9.17, 15) is 4.79 Å². The van der Waals surface area contributed by atoms with Gasteiger partial charge in [-0.05, 0) is 27.2 Å². The SMILES string of the molecule is CCCCCCCCCCCCCCCCCC(=O)O.CCO.CCO.CCO. The molecule has 0 aromatic heterocycles. The van der Waals surface area contributed by atoms with E-state index in [1.54, 1.807) is 20.8 Å². The van der Waals surface area contributed by atoms with Crippen LogP contribution in [-0.2, 0) is 4.79 Å². The van der Waals surface area contributed by atoms with E-state index < -0.39 is 5.97 Å². The van der Waals surface area contributed by atoms with Crippen molar-refractivity contribution in [2.75, 3.05) is 19.8 Å². The summed E-state index contributed by atoms with van der Waals surface area (Å²) in [7, 11) is 0. The Bertz CT molecular complexity index is 243. The monoisotopic (exact) mass is 422 g/mol. The molecule has 0 aliphatic heterocycles. The topological polar surface area (TPSA) is 98.0 Å². The van der Waals surface area contributed by atoms with E-state index in [4.69, 9.17) is 20.4 Å². The second-order valence-electron chi connectivity index (χ2n) is 7.04. The van der Waals surface area contributed by atoms with Crippen molar-refractivity contribution >= 4 is 5.97 Å². The molecule has 0 aliphatic carbocycles. The predicted molar refractivity (Wildman–Crippen MR) is 125 cm³/mol. The van der Waals surface area contributed by atoms with E-state index in [1.807, 2.05) is 0 Å². The average Bonchev–Trinajstić information content (AvgIpc) is 2.66. The first kappa shape index (κ1) is 35.8. The van der Waals surface area contributed by atoms with Gasteiger partial charge in [0.2, 0.25) is 0 Å². The number of carboxylic acid groups (broad SMARTS) is 1. The molecule has 0 amide bonds. The van der Waals surface area contributed by atoms with Crippen LogP contribution in [0.25, 0.3) is 0 Å². The van der Waals surface area contributed by atoms with Crippen molar-refractivity contribution in [3.63, 3.8) is 0 Å². The molecule has 5 nitrogen and oxygen atoms in total. The molecule has 0 aromatic carbocycles. The molecule has 0 atom stereocenters. The van der Waals surface area contributed by atoms with Crippen molar-refractivity contribution in [1.29, 1.82) is 0 Å².